The summed E-state index contributed by atoms with van der Waals surface area (Å²) in [6, 6.07) is 17.3. The van der Waals surface area contributed by atoms with Crippen LogP contribution in [-0.2, 0) is 41.0 Å². The van der Waals surface area contributed by atoms with Gasteiger partial charge in [-0.15, -0.1) is 13.2 Å². The lowest BCUT2D eigenvalue weighted by Gasteiger charge is -2.23. The van der Waals surface area contributed by atoms with Crippen LogP contribution in [0.1, 0.15) is 30.4 Å². The normalized spacial score (nSPS) is 12.5. The summed E-state index contributed by atoms with van der Waals surface area (Å²) in [7, 11) is 0. The molecule has 0 heterocycles. The number of carbonyl (C=O) groups excluding carboxylic acids is 4. The lowest BCUT2D eigenvalue weighted by molar-refractivity contribution is -0.147. The third-order valence-electron chi connectivity index (χ3n) is 6.45. The van der Waals surface area contributed by atoms with Gasteiger partial charge in [-0.3, -0.25) is 9.59 Å². The maximum Gasteiger partial charge on any atom is 0.408 e. The maximum atomic E-state index is 13.3. The van der Waals surface area contributed by atoms with E-state index in [1.54, 1.807) is 17.8 Å². The minimum Gasteiger partial charge on any atom is -0.462 e. The van der Waals surface area contributed by atoms with Crippen LogP contribution < -0.4 is 16.0 Å². The number of hydrogen-bond donors (Lipinski definition) is 4. The zero-order valence-corrected chi connectivity index (χ0v) is 26.9. The van der Waals surface area contributed by atoms with Crippen molar-refractivity contribution in [3.8, 4) is 0 Å². The summed E-state index contributed by atoms with van der Waals surface area (Å²) in [6.07, 6.45) is 2.59. The van der Waals surface area contributed by atoms with Crippen LogP contribution in [-0.4, -0.2) is 79.8 Å². The van der Waals surface area contributed by atoms with Gasteiger partial charge in [0.15, 0.2) is 0 Å². The Morgan fingerprint density at radius 3 is 2.20 bits per heavy atom. The summed E-state index contributed by atoms with van der Waals surface area (Å²) >= 11 is 1.56. The highest BCUT2D eigenvalue weighted by molar-refractivity contribution is 7.98. The molecule has 2 aromatic carbocycles. The molecule has 46 heavy (non-hydrogen) atoms. The quantitative estimate of drug-likeness (QED) is 0.0801. The molecule has 3 unspecified atom stereocenters. The van der Waals surface area contributed by atoms with E-state index in [0.29, 0.717) is 11.5 Å². The van der Waals surface area contributed by atoms with Crippen molar-refractivity contribution in [2.24, 2.45) is 5.92 Å². The molecule has 4 N–H and O–H groups in total. The molecule has 0 aliphatic rings. The van der Waals surface area contributed by atoms with Crippen molar-refractivity contribution < 1.29 is 38.5 Å². The molecule has 0 saturated heterocycles. The average Bonchev–Trinajstić information content (AvgIpc) is 3.06. The number of alkyl carbamates (subject to hydrolysis) is 1. The Bertz CT molecular complexity index is 1220. The summed E-state index contributed by atoms with van der Waals surface area (Å²) in [5.41, 5.74) is 1.90. The predicted octanol–water partition coefficient (Wildman–Crippen LogP) is 3.53. The first kappa shape index (κ1) is 38.1. The molecule has 3 atom stereocenters. The average molecular weight is 656 g/mol. The van der Waals surface area contributed by atoms with Crippen molar-refractivity contribution in [2.75, 3.05) is 38.7 Å². The fraction of sp³-hybridized carbons (Fsp3) is 0.412. The first-order valence-corrected chi connectivity index (χ1v) is 16.2. The topological polar surface area (TPSA) is 152 Å². The first-order chi connectivity index (χ1) is 22.4. The minimum absolute atomic E-state index is 0.0384. The molecule has 0 aliphatic heterocycles. The molecule has 11 nitrogen and oxygen atoms in total. The van der Waals surface area contributed by atoms with Crippen molar-refractivity contribution in [3.63, 3.8) is 0 Å². The Morgan fingerprint density at radius 2 is 1.54 bits per heavy atom. The Morgan fingerprint density at radius 1 is 0.870 bits per heavy atom. The number of carbonyl (C=O) groups is 4. The van der Waals surface area contributed by atoms with Gasteiger partial charge in [0.25, 0.3) is 0 Å². The molecule has 0 radical (unpaired) electrons. The molecule has 3 amide bonds. The Balaban J connectivity index is 2.00. The van der Waals surface area contributed by atoms with E-state index in [-0.39, 0.29) is 70.7 Å². The third kappa shape index (κ3) is 16.3. The lowest BCUT2D eigenvalue weighted by Crippen LogP contribution is -2.46. The summed E-state index contributed by atoms with van der Waals surface area (Å²) in [6.45, 7) is 7.81. The van der Waals surface area contributed by atoms with E-state index in [0.717, 1.165) is 11.1 Å². The largest absolute Gasteiger partial charge is 0.462 e. The first-order valence-electron chi connectivity index (χ1n) is 15.1. The Kier molecular flexibility index (Phi) is 19.2. The number of rotatable bonds is 23. The number of hydrogen-bond acceptors (Lipinski definition) is 9. The van der Waals surface area contributed by atoms with Gasteiger partial charge in [-0.25, -0.2) is 9.59 Å². The van der Waals surface area contributed by atoms with Gasteiger partial charge in [0.05, 0.1) is 31.8 Å². The van der Waals surface area contributed by atoms with E-state index in [1.165, 1.54) is 6.08 Å². The molecule has 0 spiro atoms. The molecule has 0 aromatic heterocycles. The Hall–Kier alpha value is -4.13. The standard InChI is InChI=1S/C34H45N3O8S/c1-3-11-28(21-31(39)35-17-19-43-20-18-38)32(40)36-29(25-46-24-27-15-9-6-10-16-27)23-44-33(41)30(12-4-2)37-34(42)45-22-26-13-7-5-8-14-26/h3-10,13-16,28-30,38H,1-2,11-12,17-25H2,(H,35,39)(H,36,40)(H,37,42). The van der Waals surface area contributed by atoms with Gasteiger partial charge >= 0.3 is 12.1 Å². The van der Waals surface area contributed by atoms with Gasteiger partial charge in [-0.1, -0.05) is 72.8 Å². The van der Waals surface area contributed by atoms with E-state index in [2.05, 4.69) is 29.1 Å². The minimum atomic E-state index is -1.03. The van der Waals surface area contributed by atoms with Crippen molar-refractivity contribution in [3.05, 3.63) is 97.1 Å². The van der Waals surface area contributed by atoms with Crippen LogP contribution >= 0.6 is 11.8 Å². The van der Waals surface area contributed by atoms with Crippen LogP contribution in [0.15, 0.2) is 86.0 Å². The molecular formula is C34H45N3O8S. The number of amides is 3. The van der Waals surface area contributed by atoms with Gasteiger partial charge in [-0.2, -0.15) is 11.8 Å². The Labute approximate surface area is 275 Å². The number of aliphatic hydroxyl groups excluding tert-OH is 1. The zero-order valence-electron chi connectivity index (χ0n) is 26.1. The van der Waals surface area contributed by atoms with Crippen LogP contribution in [0, 0.1) is 5.92 Å². The lowest BCUT2D eigenvalue weighted by atomic mass is 9.99. The fourth-order valence-corrected chi connectivity index (χ4v) is 5.13. The highest BCUT2D eigenvalue weighted by Gasteiger charge is 2.26. The van der Waals surface area contributed by atoms with Gasteiger partial charge in [0, 0.05) is 24.5 Å². The maximum absolute atomic E-state index is 13.3. The summed E-state index contributed by atoms with van der Waals surface area (Å²) in [4.78, 5) is 51.2. The number of ether oxygens (including phenoxy) is 3. The van der Waals surface area contributed by atoms with Crippen molar-refractivity contribution in [2.45, 2.75) is 43.7 Å². The molecule has 0 bridgehead atoms. The van der Waals surface area contributed by atoms with Crippen LogP contribution in [0.2, 0.25) is 0 Å². The van der Waals surface area contributed by atoms with Crippen molar-refractivity contribution >= 4 is 35.6 Å². The monoisotopic (exact) mass is 655 g/mol. The predicted molar refractivity (Wildman–Crippen MR) is 178 cm³/mol. The summed E-state index contributed by atoms with van der Waals surface area (Å²) in [5, 5.41) is 16.9. The van der Waals surface area contributed by atoms with Gasteiger partial charge in [-0.05, 0) is 24.0 Å². The van der Waals surface area contributed by atoms with Crippen LogP contribution in [0.4, 0.5) is 4.79 Å². The van der Waals surface area contributed by atoms with E-state index >= 15 is 0 Å². The molecule has 250 valence electrons. The van der Waals surface area contributed by atoms with Crippen molar-refractivity contribution in [1.29, 1.82) is 0 Å². The summed E-state index contributed by atoms with van der Waals surface area (Å²) < 4.78 is 16.0. The van der Waals surface area contributed by atoms with E-state index < -0.39 is 30.1 Å². The number of nitrogens with one attached hydrogen (secondary N) is 3. The van der Waals surface area contributed by atoms with Crippen LogP contribution in [0.25, 0.3) is 0 Å². The van der Waals surface area contributed by atoms with E-state index in [4.69, 9.17) is 19.3 Å². The molecule has 0 saturated carbocycles. The number of benzene rings is 2. The number of allylic oxidation sites excluding steroid dienone is 1. The van der Waals surface area contributed by atoms with Crippen LogP contribution in [0.3, 0.4) is 0 Å². The van der Waals surface area contributed by atoms with Gasteiger partial charge < -0.3 is 35.3 Å². The SMILES string of the molecule is C=CCC(CC(=O)NCCOCCO)C(=O)NC(COC(=O)C(CC=C)NC(=O)OCc1ccccc1)CSCc1ccccc1. The smallest absolute Gasteiger partial charge is 0.408 e. The highest BCUT2D eigenvalue weighted by atomic mass is 32.2. The second-order valence-electron chi connectivity index (χ2n) is 10.2. The van der Waals surface area contributed by atoms with E-state index in [1.807, 2.05) is 60.7 Å². The summed E-state index contributed by atoms with van der Waals surface area (Å²) in [5.74, 6) is -1.00. The van der Waals surface area contributed by atoms with Crippen LogP contribution in [0.5, 0.6) is 0 Å². The molecular weight excluding hydrogens is 610 g/mol. The number of aliphatic hydroxyl groups is 1. The number of esters is 1. The van der Waals surface area contributed by atoms with Crippen molar-refractivity contribution in [1.82, 2.24) is 16.0 Å². The fourth-order valence-electron chi connectivity index (χ4n) is 4.12. The second-order valence-corrected chi connectivity index (χ2v) is 11.3. The molecule has 12 heteroatoms. The molecule has 0 aliphatic carbocycles. The van der Waals surface area contributed by atoms with Gasteiger partial charge in [0.1, 0.15) is 19.3 Å². The zero-order chi connectivity index (χ0) is 33.4. The van der Waals surface area contributed by atoms with Gasteiger partial charge in [0.2, 0.25) is 11.8 Å². The molecule has 2 rings (SSSR count). The van der Waals surface area contributed by atoms with E-state index in [9.17, 15) is 19.2 Å². The highest BCUT2D eigenvalue weighted by Crippen LogP contribution is 2.15. The molecule has 2 aromatic rings. The second kappa shape index (κ2) is 23.2. The molecule has 0 fully saturated rings. The third-order valence-corrected chi connectivity index (χ3v) is 7.63. The number of thioether (sulfide) groups is 1.